The zero-order chi connectivity index (χ0) is 21.8. The van der Waals surface area contributed by atoms with Gasteiger partial charge in [-0.3, -0.25) is 14.9 Å². The highest BCUT2D eigenvalue weighted by Crippen LogP contribution is 2.61. The third kappa shape index (κ3) is 3.45. The van der Waals surface area contributed by atoms with E-state index in [9.17, 15) is 13.6 Å². The smallest absolute Gasteiger partial charge is 0.225 e. The molecule has 1 amide bonds. The van der Waals surface area contributed by atoms with Crippen LogP contribution in [-0.2, 0) is 4.79 Å². The summed E-state index contributed by atoms with van der Waals surface area (Å²) in [5.74, 6) is -1.95. The molecule has 2 aromatic heterocycles. The van der Waals surface area contributed by atoms with Gasteiger partial charge in [0.1, 0.15) is 5.75 Å². The summed E-state index contributed by atoms with van der Waals surface area (Å²) < 4.78 is 33.2. The number of nitrogens with one attached hydrogen (secondary N) is 2. The number of ether oxygens (including phenoxy) is 1. The number of fused-ring (bicyclic) bond motifs is 1. The molecular weight excluding hydrogens is 402 g/mol. The van der Waals surface area contributed by atoms with Crippen molar-refractivity contribution < 1.29 is 18.3 Å². The van der Waals surface area contributed by atoms with E-state index in [0.29, 0.717) is 23.6 Å². The third-order valence-electron chi connectivity index (χ3n) is 6.40. The van der Waals surface area contributed by atoms with Crippen molar-refractivity contribution in [2.45, 2.75) is 39.0 Å². The molecule has 2 N–H and O–H groups in total. The molecule has 0 radical (unpaired) electrons. The molecule has 1 fully saturated rings. The van der Waals surface area contributed by atoms with Gasteiger partial charge in [-0.2, -0.15) is 5.10 Å². The van der Waals surface area contributed by atoms with E-state index in [2.05, 4.69) is 20.5 Å². The van der Waals surface area contributed by atoms with E-state index in [1.807, 2.05) is 19.9 Å². The first kappa shape index (κ1) is 19.7. The Labute approximate surface area is 178 Å². The van der Waals surface area contributed by atoms with Gasteiger partial charge in [-0.1, -0.05) is 0 Å². The van der Waals surface area contributed by atoms with Crippen molar-refractivity contribution in [3.05, 3.63) is 59.0 Å². The molecule has 1 spiro atoms. The van der Waals surface area contributed by atoms with Crippen molar-refractivity contribution in [2.24, 2.45) is 5.41 Å². The normalized spacial score (nSPS) is 18.4. The number of halogens is 2. The van der Waals surface area contributed by atoms with E-state index < -0.39 is 11.6 Å². The monoisotopic (exact) mass is 424 g/mol. The molecule has 1 atom stereocenters. The summed E-state index contributed by atoms with van der Waals surface area (Å²) >= 11 is 0. The van der Waals surface area contributed by atoms with Crippen LogP contribution in [0.4, 0.5) is 14.5 Å². The van der Waals surface area contributed by atoms with E-state index in [1.54, 1.807) is 12.3 Å². The molecule has 31 heavy (non-hydrogen) atoms. The Balaban J connectivity index is 1.34. The SMILES string of the molecule is Cc1n[nH]c(C)c1-c1ccc(NC(=O)CC2c3cc(F)c(F)cc3OCC23CC3)cn1. The van der Waals surface area contributed by atoms with E-state index >= 15 is 0 Å². The zero-order valence-corrected chi connectivity index (χ0v) is 17.3. The Morgan fingerprint density at radius 1 is 1.26 bits per heavy atom. The first-order valence-corrected chi connectivity index (χ1v) is 10.3. The predicted molar refractivity (Wildman–Crippen MR) is 111 cm³/mol. The summed E-state index contributed by atoms with van der Waals surface area (Å²) in [6.07, 6.45) is 3.59. The lowest BCUT2D eigenvalue weighted by Gasteiger charge is -2.33. The van der Waals surface area contributed by atoms with Gasteiger partial charge in [-0.25, -0.2) is 8.78 Å². The molecule has 1 unspecified atom stereocenters. The van der Waals surface area contributed by atoms with Gasteiger partial charge in [-0.15, -0.1) is 0 Å². The van der Waals surface area contributed by atoms with Crippen LogP contribution in [0.5, 0.6) is 5.75 Å². The number of benzene rings is 1. The van der Waals surface area contributed by atoms with Crippen LogP contribution in [0.2, 0.25) is 0 Å². The first-order chi connectivity index (χ1) is 14.9. The molecule has 0 bridgehead atoms. The molecule has 1 aromatic carbocycles. The number of carbonyl (C=O) groups is 1. The summed E-state index contributed by atoms with van der Waals surface area (Å²) in [5, 5.41) is 10.00. The fourth-order valence-corrected chi connectivity index (χ4v) is 4.51. The highest BCUT2D eigenvalue weighted by atomic mass is 19.2. The lowest BCUT2D eigenvalue weighted by Crippen LogP contribution is -2.31. The molecule has 2 aliphatic rings. The molecule has 3 aromatic rings. The number of hydrogen-bond donors (Lipinski definition) is 2. The van der Waals surface area contributed by atoms with Crippen LogP contribution < -0.4 is 10.1 Å². The average Bonchev–Trinajstić information content (AvgIpc) is 3.44. The van der Waals surface area contributed by atoms with Crippen LogP contribution >= 0.6 is 0 Å². The fraction of sp³-hybridized carbons (Fsp3) is 0.348. The summed E-state index contributed by atoms with van der Waals surface area (Å²) in [7, 11) is 0. The van der Waals surface area contributed by atoms with Crippen LogP contribution in [-0.4, -0.2) is 27.7 Å². The lowest BCUT2D eigenvalue weighted by molar-refractivity contribution is -0.117. The van der Waals surface area contributed by atoms with Gasteiger partial charge in [-0.05, 0) is 44.9 Å². The van der Waals surface area contributed by atoms with Gasteiger partial charge in [0.15, 0.2) is 11.6 Å². The third-order valence-corrected chi connectivity index (χ3v) is 6.40. The number of amides is 1. The molecule has 5 rings (SSSR count). The molecule has 1 saturated carbocycles. The van der Waals surface area contributed by atoms with Gasteiger partial charge in [0.2, 0.25) is 5.91 Å². The number of anilines is 1. The maximum atomic E-state index is 13.9. The van der Waals surface area contributed by atoms with E-state index in [4.69, 9.17) is 4.74 Å². The number of hydrogen-bond acceptors (Lipinski definition) is 4. The predicted octanol–water partition coefficient (Wildman–Crippen LogP) is 4.65. The number of rotatable bonds is 4. The molecular formula is C23H22F2N4O2. The highest BCUT2D eigenvalue weighted by Gasteiger charge is 2.54. The Morgan fingerprint density at radius 2 is 2.03 bits per heavy atom. The molecule has 6 nitrogen and oxygen atoms in total. The Morgan fingerprint density at radius 3 is 2.68 bits per heavy atom. The van der Waals surface area contributed by atoms with E-state index in [0.717, 1.165) is 41.6 Å². The highest BCUT2D eigenvalue weighted by molar-refractivity contribution is 5.91. The van der Waals surface area contributed by atoms with Crippen molar-refractivity contribution in [3.8, 4) is 17.0 Å². The topological polar surface area (TPSA) is 79.9 Å². The molecule has 8 heteroatoms. The van der Waals surface area contributed by atoms with Crippen LogP contribution in [0, 0.1) is 30.9 Å². The summed E-state index contributed by atoms with van der Waals surface area (Å²) in [6, 6.07) is 5.89. The second kappa shape index (κ2) is 7.14. The van der Waals surface area contributed by atoms with Gasteiger partial charge >= 0.3 is 0 Å². The molecule has 3 heterocycles. The largest absolute Gasteiger partial charge is 0.493 e. The maximum Gasteiger partial charge on any atom is 0.225 e. The standard InChI is InChI=1S/C23H22F2N4O2/c1-12-22(13(2)29-28-12)19-4-3-14(10-26-19)27-21(30)8-16-15-7-17(24)18(25)9-20(15)31-11-23(16)5-6-23/h3-4,7,9-10,16H,5-6,8,11H2,1-2H3,(H,27,30)(H,28,29). The summed E-state index contributed by atoms with van der Waals surface area (Å²) in [4.78, 5) is 17.3. The maximum absolute atomic E-state index is 13.9. The molecule has 160 valence electrons. The van der Waals surface area contributed by atoms with Gasteiger partial charge < -0.3 is 10.1 Å². The Kier molecular flexibility index (Phi) is 4.53. The fourth-order valence-electron chi connectivity index (χ4n) is 4.51. The molecule has 1 aliphatic carbocycles. The van der Waals surface area contributed by atoms with E-state index in [-0.39, 0.29) is 23.7 Å². The van der Waals surface area contributed by atoms with Crippen molar-refractivity contribution >= 4 is 11.6 Å². The minimum Gasteiger partial charge on any atom is -0.493 e. The number of pyridine rings is 1. The van der Waals surface area contributed by atoms with Gasteiger partial charge in [0.25, 0.3) is 0 Å². The van der Waals surface area contributed by atoms with Crippen molar-refractivity contribution in [1.82, 2.24) is 15.2 Å². The quantitative estimate of drug-likeness (QED) is 0.639. The number of carbonyl (C=O) groups excluding carboxylic acids is 1. The number of nitrogens with zero attached hydrogens (tertiary/aromatic N) is 2. The average molecular weight is 424 g/mol. The molecule has 1 aliphatic heterocycles. The Hall–Kier alpha value is -3.29. The van der Waals surface area contributed by atoms with Crippen LogP contribution in [0.15, 0.2) is 30.5 Å². The summed E-state index contributed by atoms with van der Waals surface area (Å²) in [6.45, 7) is 4.26. The summed E-state index contributed by atoms with van der Waals surface area (Å²) in [5.41, 5.74) is 4.48. The zero-order valence-electron chi connectivity index (χ0n) is 17.3. The number of aromatic nitrogens is 3. The van der Waals surface area contributed by atoms with Gasteiger partial charge in [0, 0.05) is 40.6 Å². The minimum absolute atomic E-state index is 0.170. The second-order valence-electron chi connectivity index (χ2n) is 8.50. The van der Waals surface area contributed by atoms with Crippen molar-refractivity contribution in [3.63, 3.8) is 0 Å². The van der Waals surface area contributed by atoms with Crippen molar-refractivity contribution in [2.75, 3.05) is 11.9 Å². The number of aryl methyl sites for hydroxylation is 2. The minimum atomic E-state index is -0.942. The molecule has 0 saturated heterocycles. The van der Waals surface area contributed by atoms with E-state index in [1.165, 1.54) is 6.07 Å². The van der Waals surface area contributed by atoms with Gasteiger partial charge in [0.05, 0.1) is 29.9 Å². The number of aromatic amines is 1. The second-order valence-corrected chi connectivity index (χ2v) is 8.50. The van der Waals surface area contributed by atoms with Crippen LogP contribution in [0.3, 0.4) is 0 Å². The Bertz CT molecular complexity index is 1150. The van der Waals surface area contributed by atoms with Crippen LogP contribution in [0.25, 0.3) is 11.3 Å². The van der Waals surface area contributed by atoms with Crippen LogP contribution in [0.1, 0.15) is 42.1 Å². The van der Waals surface area contributed by atoms with Crippen molar-refractivity contribution in [1.29, 1.82) is 0 Å². The lowest BCUT2D eigenvalue weighted by atomic mass is 9.79. The first-order valence-electron chi connectivity index (χ1n) is 10.3. The number of H-pyrrole nitrogens is 1.